The molecule has 0 bridgehead atoms. The van der Waals surface area contributed by atoms with Gasteiger partial charge in [0, 0.05) is 18.4 Å². The molecular weight excluding hydrogens is 220 g/mol. The maximum absolute atomic E-state index is 6.61. The van der Waals surface area contributed by atoms with Gasteiger partial charge in [-0.3, -0.25) is 4.98 Å². The summed E-state index contributed by atoms with van der Waals surface area (Å²) in [6, 6.07) is 2.35. The van der Waals surface area contributed by atoms with Crippen molar-refractivity contribution in [3.05, 3.63) is 29.6 Å². The quantitative estimate of drug-likeness (QED) is 0.872. The molecule has 1 aliphatic rings. The molecule has 0 saturated heterocycles. The zero-order valence-electron chi connectivity index (χ0n) is 11.9. The molecule has 1 unspecified atom stereocenters. The van der Waals surface area contributed by atoms with Crippen LogP contribution in [0, 0.1) is 18.3 Å². The fraction of sp³-hybridized carbons (Fsp3) is 0.688. The number of nitrogens with zero attached hydrogens (tertiary/aromatic N) is 1. The smallest absolute Gasteiger partial charge is 0.0367 e. The summed E-state index contributed by atoms with van der Waals surface area (Å²) in [5.41, 5.74) is 9.35. The normalized spacial score (nSPS) is 20.3. The van der Waals surface area contributed by atoms with Gasteiger partial charge in [0.2, 0.25) is 0 Å². The Bertz CT molecular complexity index is 392. The van der Waals surface area contributed by atoms with Gasteiger partial charge in [0.15, 0.2) is 0 Å². The molecule has 0 aromatic carbocycles. The second-order valence-electron chi connectivity index (χ2n) is 6.44. The van der Waals surface area contributed by atoms with Crippen LogP contribution in [0.1, 0.15) is 63.1 Å². The van der Waals surface area contributed by atoms with Crippen LogP contribution in [0.5, 0.6) is 0 Å². The molecule has 1 fully saturated rings. The maximum Gasteiger partial charge on any atom is 0.0367 e. The van der Waals surface area contributed by atoms with Crippen molar-refractivity contribution in [2.45, 2.75) is 58.9 Å². The van der Waals surface area contributed by atoms with Crippen LogP contribution < -0.4 is 5.73 Å². The molecule has 100 valence electrons. The summed E-state index contributed by atoms with van der Waals surface area (Å²) in [5.74, 6) is 0.715. The molecule has 1 aliphatic carbocycles. The molecule has 2 heteroatoms. The monoisotopic (exact) mass is 246 g/mol. The Kier molecular flexibility index (Phi) is 4.06. The van der Waals surface area contributed by atoms with Crippen molar-refractivity contribution in [1.29, 1.82) is 0 Å². The van der Waals surface area contributed by atoms with Gasteiger partial charge in [0.05, 0.1) is 0 Å². The molecule has 2 nitrogen and oxygen atoms in total. The fourth-order valence-corrected chi connectivity index (χ4v) is 3.64. The van der Waals surface area contributed by atoms with Crippen molar-refractivity contribution in [2.75, 3.05) is 0 Å². The first-order valence-corrected chi connectivity index (χ1v) is 7.21. The van der Waals surface area contributed by atoms with E-state index in [1.54, 1.807) is 0 Å². The lowest BCUT2D eigenvalue weighted by molar-refractivity contribution is 0.183. The van der Waals surface area contributed by atoms with Gasteiger partial charge >= 0.3 is 0 Å². The summed E-state index contributed by atoms with van der Waals surface area (Å²) in [7, 11) is 0. The van der Waals surface area contributed by atoms with Gasteiger partial charge in [0.1, 0.15) is 0 Å². The molecule has 1 aromatic heterocycles. The lowest BCUT2D eigenvalue weighted by Gasteiger charge is -2.37. The van der Waals surface area contributed by atoms with Crippen LogP contribution in [0.3, 0.4) is 0 Å². The maximum atomic E-state index is 6.61. The molecule has 1 heterocycles. The molecule has 0 radical (unpaired) electrons. The van der Waals surface area contributed by atoms with E-state index in [-0.39, 0.29) is 6.04 Å². The summed E-state index contributed by atoms with van der Waals surface area (Å²) in [6.45, 7) is 6.70. The van der Waals surface area contributed by atoms with Gasteiger partial charge in [-0.2, -0.15) is 0 Å². The Morgan fingerprint density at radius 3 is 2.50 bits per heavy atom. The van der Waals surface area contributed by atoms with Gasteiger partial charge in [-0.15, -0.1) is 0 Å². The highest BCUT2D eigenvalue weighted by molar-refractivity contribution is 5.22. The minimum atomic E-state index is 0.148. The predicted octanol–water partition coefficient (Wildman–Crippen LogP) is 4.00. The molecule has 0 aliphatic heterocycles. The lowest BCUT2D eigenvalue weighted by Crippen LogP contribution is -2.33. The van der Waals surface area contributed by atoms with Crippen molar-refractivity contribution in [3.8, 4) is 0 Å². The highest BCUT2D eigenvalue weighted by atomic mass is 14.7. The van der Waals surface area contributed by atoms with E-state index in [0.29, 0.717) is 11.3 Å². The highest BCUT2D eigenvalue weighted by Gasteiger charge is 2.40. The lowest BCUT2D eigenvalue weighted by atomic mass is 9.71. The molecule has 0 amide bonds. The van der Waals surface area contributed by atoms with E-state index in [1.165, 1.54) is 43.2 Å². The summed E-state index contributed by atoms with van der Waals surface area (Å²) < 4.78 is 0. The second-order valence-corrected chi connectivity index (χ2v) is 6.44. The number of hydrogen-bond acceptors (Lipinski definition) is 2. The van der Waals surface area contributed by atoms with Crippen LogP contribution in [0.2, 0.25) is 0 Å². The molecule has 0 spiro atoms. The van der Waals surface area contributed by atoms with Crippen molar-refractivity contribution in [1.82, 2.24) is 4.98 Å². The molecule has 2 rings (SSSR count). The van der Waals surface area contributed by atoms with Crippen LogP contribution >= 0.6 is 0 Å². The van der Waals surface area contributed by atoms with Crippen LogP contribution in [-0.4, -0.2) is 4.98 Å². The second kappa shape index (κ2) is 5.40. The Morgan fingerprint density at radius 1 is 1.28 bits per heavy atom. The Hall–Kier alpha value is -0.890. The molecule has 1 aromatic rings. The number of rotatable bonds is 4. The topological polar surface area (TPSA) is 38.9 Å². The van der Waals surface area contributed by atoms with E-state index in [0.717, 1.165) is 0 Å². The zero-order valence-corrected chi connectivity index (χ0v) is 11.9. The molecule has 2 N–H and O–H groups in total. The van der Waals surface area contributed by atoms with Crippen molar-refractivity contribution < 1.29 is 0 Å². The standard InChI is InChI=1S/C16H26N2/c1-12(2)9-16(6-4-5-7-16)15(17)14-8-13(3)10-18-11-14/h8,10-12,15H,4-7,9,17H2,1-3H3. The first-order chi connectivity index (χ1) is 8.53. The number of nitrogens with two attached hydrogens (primary N) is 1. The van der Waals surface area contributed by atoms with Crippen molar-refractivity contribution in [2.24, 2.45) is 17.1 Å². The van der Waals surface area contributed by atoms with Gasteiger partial charge in [-0.25, -0.2) is 0 Å². The third-order valence-electron chi connectivity index (χ3n) is 4.33. The van der Waals surface area contributed by atoms with E-state index >= 15 is 0 Å². The van der Waals surface area contributed by atoms with E-state index in [4.69, 9.17) is 5.73 Å². The Balaban J connectivity index is 2.25. The predicted molar refractivity (Wildman–Crippen MR) is 76.3 cm³/mol. The van der Waals surface area contributed by atoms with Crippen molar-refractivity contribution >= 4 is 0 Å². The van der Waals surface area contributed by atoms with Crippen LogP contribution in [0.25, 0.3) is 0 Å². The van der Waals surface area contributed by atoms with E-state index in [1.807, 2.05) is 12.4 Å². The third-order valence-corrected chi connectivity index (χ3v) is 4.33. The van der Waals surface area contributed by atoms with Gasteiger partial charge in [0.25, 0.3) is 0 Å². The SMILES string of the molecule is Cc1cncc(C(N)C2(CC(C)C)CCCC2)c1. The summed E-state index contributed by atoms with van der Waals surface area (Å²) in [5, 5.41) is 0. The molecule has 18 heavy (non-hydrogen) atoms. The minimum Gasteiger partial charge on any atom is -0.323 e. The van der Waals surface area contributed by atoms with Crippen LogP contribution in [-0.2, 0) is 0 Å². The van der Waals surface area contributed by atoms with E-state index < -0.39 is 0 Å². The average molecular weight is 246 g/mol. The molecule has 1 atom stereocenters. The highest BCUT2D eigenvalue weighted by Crippen LogP contribution is 2.50. The van der Waals surface area contributed by atoms with Gasteiger partial charge in [-0.05, 0) is 48.6 Å². The number of aromatic nitrogens is 1. The first kappa shape index (κ1) is 13.5. The van der Waals surface area contributed by atoms with Crippen LogP contribution in [0.4, 0.5) is 0 Å². The fourth-order valence-electron chi connectivity index (χ4n) is 3.64. The average Bonchev–Trinajstić information content (AvgIpc) is 2.77. The number of aryl methyl sites for hydroxylation is 1. The van der Waals surface area contributed by atoms with Crippen molar-refractivity contribution in [3.63, 3.8) is 0 Å². The van der Waals surface area contributed by atoms with E-state index in [2.05, 4.69) is 31.8 Å². The van der Waals surface area contributed by atoms with Crippen LogP contribution in [0.15, 0.2) is 18.5 Å². The third kappa shape index (κ3) is 2.74. The summed E-state index contributed by atoms with van der Waals surface area (Å²) >= 11 is 0. The summed E-state index contributed by atoms with van der Waals surface area (Å²) in [4.78, 5) is 4.31. The van der Waals surface area contributed by atoms with Gasteiger partial charge < -0.3 is 5.73 Å². The Labute approximate surface area is 111 Å². The molecular formula is C16H26N2. The molecule has 1 saturated carbocycles. The number of pyridine rings is 1. The van der Waals surface area contributed by atoms with E-state index in [9.17, 15) is 0 Å². The minimum absolute atomic E-state index is 0.148. The summed E-state index contributed by atoms with van der Waals surface area (Å²) in [6.07, 6.45) is 10.3. The number of hydrogen-bond donors (Lipinski definition) is 1. The zero-order chi connectivity index (χ0) is 13.2. The Morgan fingerprint density at radius 2 is 1.94 bits per heavy atom. The largest absolute Gasteiger partial charge is 0.323 e. The first-order valence-electron chi connectivity index (χ1n) is 7.21. The van der Waals surface area contributed by atoms with Gasteiger partial charge in [-0.1, -0.05) is 32.8 Å².